The number of hydrogen-bond donors (Lipinski definition) is 1. The molecule has 1 aliphatic heterocycles. The van der Waals surface area contributed by atoms with Gasteiger partial charge in [-0.1, -0.05) is 48.2 Å². The van der Waals surface area contributed by atoms with Gasteiger partial charge >= 0.3 is 7.12 Å². The van der Waals surface area contributed by atoms with Crippen LogP contribution in [0.15, 0.2) is 41.9 Å². The fraction of sp³-hybridized carbons (Fsp3) is 0.381. The first-order chi connectivity index (χ1) is 12.6. The van der Waals surface area contributed by atoms with E-state index in [2.05, 4.69) is 12.1 Å². The summed E-state index contributed by atoms with van der Waals surface area (Å²) in [6.45, 7) is 9.69. The molecule has 3 rings (SSSR count). The van der Waals surface area contributed by atoms with Crippen LogP contribution in [0.25, 0.3) is 16.8 Å². The molecule has 27 heavy (non-hydrogen) atoms. The molecule has 0 aliphatic carbocycles. The Morgan fingerprint density at radius 1 is 1.07 bits per heavy atom. The second-order valence-electron chi connectivity index (χ2n) is 7.88. The Bertz CT molecular complexity index is 891. The zero-order valence-corrected chi connectivity index (χ0v) is 17.4. The third kappa shape index (κ3) is 4.08. The molecular weight excluding hydrogens is 357 g/mol. The van der Waals surface area contributed by atoms with E-state index in [9.17, 15) is 4.79 Å². The van der Waals surface area contributed by atoms with Crippen molar-refractivity contribution in [2.24, 2.45) is 0 Å². The van der Waals surface area contributed by atoms with Crippen molar-refractivity contribution in [2.75, 3.05) is 11.5 Å². The topological polar surface area (TPSA) is 61.6 Å². The number of thioether (sulfide) groups is 1. The number of fused-ring (bicyclic) bond motifs is 1. The Balaban J connectivity index is 2.04. The maximum absolute atomic E-state index is 11.6. The predicted octanol–water partition coefficient (Wildman–Crippen LogP) is 4.72. The first-order valence-electron chi connectivity index (χ1n) is 9.07. The maximum Gasteiger partial charge on any atom is 0.491 e. The number of anilines is 1. The lowest BCUT2D eigenvalue weighted by Gasteiger charge is -2.32. The Labute approximate surface area is 165 Å². The van der Waals surface area contributed by atoms with Crippen LogP contribution in [0.3, 0.4) is 0 Å². The van der Waals surface area contributed by atoms with Crippen molar-refractivity contribution in [1.29, 1.82) is 0 Å². The van der Waals surface area contributed by atoms with Crippen molar-refractivity contribution in [3.05, 3.63) is 47.4 Å². The highest BCUT2D eigenvalue weighted by atomic mass is 32.2. The molecule has 1 aliphatic rings. The van der Waals surface area contributed by atoms with Gasteiger partial charge in [0.25, 0.3) is 0 Å². The van der Waals surface area contributed by atoms with E-state index >= 15 is 0 Å². The number of nitrogen functional groups attached to an aromatic ring is 1. The number of benzene rings is 2. The van der Waals surface area contributed by atoms with Gasteiger partial charge in [0.1, 0.15) is 0 Å². The van der Waals surface area contributed by atoms with Crippen LogP contribution in [0.2, 0.25) is 0 Å². The number of carbonyl (C=O) groups excluding carboxylic acids is 1. The quantitative estimate of drug-likeness (QED) is 0.612. The molecule has 4 nitrogen and oxygen atoms in total. The standard InChI is InChI=1S/C21H26BNO3S/c1-14(24)27-13-16(22-25-20(2,3)21(4,5)26-22)12-15-8-6-10-18-17(15)9-7-11-19(18)23/h6-12H,13,23H2,1-5H3. The van der Waals surface area contributed by atoms with Crippen LogP contribution in [0.1, 0.15) is 40.2 Å². The first kappa shape index (κ1) is 20.0. The molecule has 0 radical (unpaired) electrons. The van der Waals surface area contributed by atoms with Gasteiger partial charge in [0.15, 0.2) is 5.12 Å². The highest BCUT2D eigenvalue weighted by Crippen LogP contribution is 2.39. The summed E-state index contributed by atoms with van der Waals surface area (Å²) in [5.41, 5.74) is 7.99. The third-order valence-electron chi connectivity index (χ3n) is 5.33. The zero-order chi connectivity index (χ0) is 19.8. The first-order valence-corrected chi connectivity index (χ1v) is 10.1. The second kappa shape index (κ2) is 7.34. The van der Waals surface area contributed by atoms with Gasteiger partial charge in [-0.2, -0.15) is 0 Å². The lowest BCUT2D eigenvalue weighted by atomic mass is 9.78. The molecule has 1 fully saturated rings. The van der Waals surface area contributed by atoms with E-state index in [0.717, 1.165) is 27.5 Å². The molecule has 142 valence electrons. The van der Waals surface area contributed by atoms with E-state index in [-0.39, 0.29) is 5.12 Å². The smallest absolute Gasteiger partial charge is 0.400 e. The van der Waals surface area contributed by atoms with Gasteiger partial charge in [-0.05, 0) is 50.2 Å². The van der Waals surface area contributed by atoms with Crippen molar-refractivity contribution in [3.63, 3.8) is 0 Å². The van der Waals surface area contributed by atoms with Crippen LogP contribution < -0.4 is 5.73 Å². The minimum absolute atomic E-state index is 0.0691. The van der Waals surface area contributed by atoms with Crippen molar-refractivity contribution in [3.8, 4) is 0 Å². The lowest BCUT2D eigenvalue weighted by molar-refractivity contribution is -0.109. The summed E-state index contributed by atoms with van der Waals surface area (Å²) < 4.78 is 12.5. The van der Waals surface area contributed by atoms with Gasteiger partial charge in [0, 0.05) is 23.8 Å². The number of carbonyl (C=O) groups is 1. The van der Waals surface area contributed by atoms with Crippen molar-refractivity contribution < 1.29 is 14.1 Å². The van der Waals surface area contributed by atoms with E-state index in [4.69, 9.17) is 15.0 Å². The van der Waals surface area contributed by atoms with E-state index < -0.39 is 18.3 Å². The molecule has 1 heterocycles. The fourth-order valence-corrected chi connectivity index (χ4v) is 3.63. The Morgan fingerprint density at radius 2 is 1.67 bits per heavy atom. The van der Waals surface area contributed by atoms with Crippen LogP contribution >= 0.6 is 11.8 Å². The molecule has 0 bridgehead atoms. The van der Waals surface area contributed by atoms with Crippen molar-refractivity contribution in [2.45, 2.75) is 45.8 Å². The molecule has 2 aromatic carbocycles. The zero-order valence-electron chi connectivity index (χ0n) is 16.5. The molecule has 0 spiro atoms. The molecule has 0 saturated carbocycles. The average Bonchev–Trinajstić information content (AvgIpc) is 2.79. The van der Waals surface area contributed by atoms with E-state index in [1.54, 1.807) is 6.92 Å². The number of rotatable bonds is 4. The molecule has 0 unspecified atom stereocenters. The van der Waals surface area contributed by atoms with Crippen molar-refractivity contribution in [1.82, 2.24) is 0 Å². The van der Waals surface area contributed by atoms with Gasteiger partial charge in [-0.15, -0.1) is 0 Å². The third-order valence-corrected chi connectivity index (χ3v) is 6.21. The summed E-state index contributed by atoms with van der Waals surface area (Å²) in [7, 11) is -0.488. The Hall–Kier alpha value is -1.76. The fourth-order valence-electron chi connectivity index (χ4n) is 3.04. The molecule has 0 amide bonds. The van der Waals surface area contributed by atoms with Crippen LogP contribution in [-0.2, 0) is 14.1 Å². The lowest BCUT2D eigenvalue weighted by Crippen LogP contribution is -2.41. The summed E-state index contributed by atoms with van der Waals surface area (Å²) >= 11 is 1.26. The molecule has 0 atom stereocenters. The summed E-state index contributed by atoms with van der Waals surface area (Å²) in [5.74, 6) is 0.519. The molecule has 2 N–H and O–H groups in total. The van der Waals surface area contributed by atoms with Gasteiger partial charge in [0.05, 0.1) is 11.2 Å². The van der Waals surface area contributed by atoms with E-state index in [1.807, 2.05) is 58.0 Å². The predicted molar refractivity (Wildman–Crippen MR) is 116 cm³/mol. The summed E-state index contributed by atoms with van der Waals surface area (Å²) in [6, 6.07) is 12.0. The van der Waals surface area contributed by atoms with Crippen LogP contribution in [-0.4, -0.2) is 29.2 Å². The normalized spacial score (nSPS) is 18.9. The minimum atomic E-state index is -0.488. The van der Waals surface area contributed by atoms with Crippen LogP contribution in [0.5, 0.6) is 0 Å². The number of hydrogen-bond acceptors (Lipinski definition) is 5. The highest BCUT2D eigenvalue weighted by molar-refractivity contribution is 8.13. The van der Waals surface area contributed by atoms with Gasteiger partial charge in [0.2, 0.25) is 0 Å². The van der Waals surface area contributed by atoms with Gasteiger partial charge < -0.3 is 15.0 Å². The average molecular weight is 383 g/mol. The van der Waals surface area contributed by atoms with Gasteiger partial charge in [-0.25, -0.2) is 0 Å². The summed E-state index contributed by atoms with van der Waals surface area (Å²) in [6.07, 6.45) is 2.07. The van der Waals surface area contributed by atoms with Crippen LogP contribution in [0.4, 0.5) is 5.69 Å². The highest BCUT2D eigenvalue weighted by Gasteiger charge is 2.52. The number of nitrogens with two attached hydrogens (primary N) is 1. The summed E-state index contributed by atoms with van der Waals surface area (Å²) in [5, 5.41) is 2.15. The van der Waals surface area contributed by atoms with Gasteiger partial charge in [-0.3, -0.25) is 4.79 Å². The molecule has 6 heteroatoms. The molecule has 0 aromatic heterocycles. The monoisotopic (exact) mass is 383 g/mol. The van der Waals surface area contributed by atoms with E-state index in [0.29, 0.717) is 5.75 Å². The molecular formula is C21H26BNO3S. The SMILES string of the molecule is CC(=O)SCC(=Cc1cccc2c(N)cccc12)B1OC(C)(C)C(C)(C)O1. The van der Waals surface area contributed by atoms with Crippen molar-refractivity contribution >= 4 is 46.5 Å². The Morgan fingerprint density at radius 3 is 2.30 bits per heavy atom. The van der Waals surface area contributed by atoms with E-state index in [1.165, 1.54) is 11.8 Å². The largest absolute Gasteiger partial charge is 0.491 e. The minimum Gasteiger partial charge on any atom is -0.400 e. The molecule has 1 saturated heterocycles. The Kier molecular flexibility index (Phi) is 5.44. The molecule has 2 aromatic rings. The van der Waals surface area contributed by atoms with Crippen LogP contribution in [0, 0.1) is 0 Å². The second-order valence-corrected chi connectivity index (χ2v) is 9.03. The summed E-state index contributed by atoms with van der Waals surface area (Å²) in [4.78, 5) is 11.6. The maximum atomic E-state index is 11.6.